The lowest BCUT2D eigenvalue weighted by Crippen LogP contribution is -2.34. The minimum atomic E-state index is -3.56. The fraction of sp³-hybridized carbons (Fsp3) is 0.500. The Kier molecular flexibility index (Phi) is 7.36. The molecule has 2 aromatic rings. The number of thiazole rings is 1. The number of nitrogens with one attached hydrogen (secondary N) is 1. The van der Waals surface area contributed by atoms with Gasteiger partial charge in [0.25, 0.3) is 0 Å². The summed E-state index contributed by atoms with van der Waals surface area (Å²) in [6.45, 7) is 10.4. The first-order chi connectivity index (χ1) is 15.1. The number of hydrogen-bond donors (Lipinski definition) is 1. The lowest BCUT2D eigenvalue weighted by atomic mass is 10.1. The van der Waals surface area contributed by atoms with Gasteiger partial charge in [-0.3, -0.25) is 9.59 Å². The molecule has 1 aromatic heterocycles. The van der Waals surface area contributed by atoms with E-state index in [1.54, 1.807) is 42.2 Å². The highest BCUT2D eigenvalue weighted by atomic mass is 32.2. The first-order valence-corrected chi connectivity index (χ1v) is 13.0. The van der Waals surface area contributed by atoms with Gasteiger partial charge < -0.3 is 10.2 Å². The Labute approximate surface area is 193 Å². The molecule has 10 heteroatoms. The third-order valence-corrected chi connectivity index (χ3v) is 9.00. The van der Waals surface area contributed by atoms with Crippen molar-refractivity contribution in [3.05, 3.63) is 39.8 Å². The summed E-state index contributed by atoms with van der Waals surface area (Å²) in [4.78, 5) is 32.6. The monoisotopic (exact) mass is 478 g/mol. The minimum Gasteiger partial charge on any atom is -0.348 e. The van der Waals surface area contributed by atoms with Crippen LogP contribution in [0.4, 0.5) is 5.69 Å². The second kappa shape index (κ2) is 9.68. The fourth-order valence-corrected chi connectivity index (χ4v) is 6.38. The molecule has 174 valence electrons. The number of amides is 2. The Hall–Kier alpha value is -2.30. The molecule has 3 rings (SSSR count). The molecule has 32 heavy (non-hydrogen) atoms. The van der Waals surface area contributed by atoms with Crippen LogP contribution in [0.1, 0.15) is 48.8 Å². The van der Waals surface area contributed by atoms with Crippen LogP contribution in [0.5, 0.6) is 0 Å². The maximum Gasteiger partial charge on any atom is 0.243 e. The summed E-state index contributed by atoms with van der Waals surface area (Å²) in [5, 5.41) is 3.96. The molecule has 1 saturated heterocycles. The summed E-state index contributed by atoms with van der Waals surface area (Å²) in [5.74, 6) is -0.778. The number of rotatable bonds is 8. The average Bonchev–Trinajstić information content (AvgIpc) is 3.30. The summed E-state index contributed by atoms with van der Waals surface area (Å²) < 4.78 is 26.7. The molecule has 0 saturated carbocycles. The molecule has 2 atom stereocenters. The quantitative estimate of drug-likeness (QED) is 0.629. The topological polar surface area (TPSA) is 99.7 Å². The summed E-state index contributed by atoms with van der Waals surface area (Å²) in [6.07, 6.45) is 0.124. The highest BCUT2D eigenvalue weighted by Crippen LogP contribution is 2.29. The first kappa shape index (κ1) is 24.3. The summed E-state index contributed by atoms with van der Waals surface area (Å²) in [6, 6.07) is 6.10. The van der Waals surface area contributed by atoms with E-state index < -0.39 is 15.9 Å². The van der Waals surface area contributed by atoms with Crippen LogP contribution < -0.4 is 10.2 Å². The van der Waals surface area contributed by atoms with Crippen LogP contribution in [0.2, 0.25) is 0 Å². The van der Waals surface area contributed by atoms with Gasteiger partial charge in [-0.15, -0.1) is 11.3 Å². The van der Waals surface area contributed by atoms with Gasteiger partial charge >= 0.3 is 0 Å². The van der Waals surface area contributed by atoms with Crippen molar-refractivity contribution < 1.29 is 18.0 Å². The van der Waals surface area contributed by atoms with Crippen LogP contribution >= 0.6 is 11.3 Å². The molecule has 1 aliphatic heterocycles. The van der Waals surface area contributed by atoms with Gasteiger partial charge in [-0.25, -0.2) is 13.4 Å². The van der Waals surface area contributed by atoms with E-state index >= 15 is 0 Å². The Balaban J connectivity index is 1.69. The second-order valence-corrected chi connectivity index (χ2v) is 11.1. The molecule has 8 nitrogen and oxygen atoms in total. The molecule has 1 aliphatic rings. The Morgan fingerprint density at radius 3 is 2.41 bits per heavy atom. The third kappa shape index (κ3) is 4.87. The van der Waals surface area contributed by atoms with Crippen molar-refractivity contribution in [3.63, 3.8) is 0 Å². The van der Waals surface area contributed by atoms with Crippen LogP contribution in [-0.2, 0) is 19.6 Å². The van der Waals surface area contributed by atoms with Gasteiger partial charge in [-0.05, 0) is 45.0 Å². The number of carbonyl (C=O) groups excluding carboxylic acids is 2. The number of hydrogen-bond acceptors (Lipinski definition) is 6. The van der Waals surface area contributed by atoms with Crippen LogP contribution in [0.3, 0.4) is 0 Å². The molecular weight excluding hydrogens is 448 g/mol. The first-order valence-electron chi connectivity index (χ1n) is 10.7. The predicted molar refractivity (Wildman–Crippen MR) is 125 cm³/mol. The van der Waals surface area contributed by atoms with Crippen molar-refractivity contribution in [2.45, 2.75) is 52.0 Å². The van der Waals surface area contributed by atoms with Gasteiger partial charge in [-0.2, -0.15) is 4.31 Å². The van der Waals surface area contributed by atoms with E-state index in [1.807, 2.05) is 20.8 Å². The molecule has 2 amide bonds. The third-order valence-electron chi connectivity index (χ3n) is 5.68. The highest BCUT2D eigenvalue weighted by Gasteiger charge is 2.36. The van der Waals surface area contributed by atoms with Crippen molar-refractivity contribution in [2.24, 2.45) is 5.92 Å². The summed E-state index contributed by atoms with van der Waals surface area (Å²) in [7, 11) is -3.56. The highest BCUT2D eigenvalue weighted by molar-refractivity contribution is 7.89. The van der Waals surface area contributed by atoms with E-state index in [1.165, 1.54) is 16.4 Å². The molecule has 1 aromatic carbocycles. The van der Waals surface area contributed by atoms with Crippen molar-refractivity contribution in [1.82, 2.24) is 14.6 Å². The zero-order chi connectivity index (χ0) is 23.6. The largest absolute Gasteiger partial charge is 0.348 e. The van der Waals surface area contributed by atoms with Crippen LogP contribution in [0.25, 0.3) is 0 Å². The predicted octanol–water partition coefficient (Wildman–Crippen LogP) is 3.02. The molecule has 1 N–H and O–H groups in total. The van der Waals surface area contributed by atoms with Crippen molar-refractivity contribution in [2.75, 3.05) is 24.5 Å². The number of benzene rings is 1. The Morgan fingerprint density at radius 1 is 1.25 bits per heavy atom. The Morgan fingerprint density at radius 2 is 1.88 bits per heavy atom. The van der Waals surface area contributed by atoms with Gasteiger partial charge in [0, 0.05) is 36.6 Å². The van der Waals surface area contributed by atoms with E-state index in [2.05, 4.69) is 10.3 Å². The van der Waals surface area contributed by atoms with E-state index in [-0.39, 0.29) is 35.7 Å². The maximum absolute atomic E-state index is 12.8. The number of nitrogens with zero attached hydrogens (tertiary/aromatic N) is 3. The number of aryl methyl sites for hydroxylation is 2. The van der Waals surface area contributed by atoms with E-state index in [0.717, 1.165) is 15.6 Å². The van der Waals surface area contributed by atoms with Crippen LogP contribution in [-0.4, -0.2) is 49.2 Å². The van der Waals surface area contributed by atoms with E-state index in [4.69, 9.17) is 0 Å². The van der Waals surface area contributed by atoms with Gasteiger partial charge in [0.15, 0.2) is 0 Å². The molecule has 0 aliphatic carbocycles. The zero-order valence-corrected chi connectivity index (χ0v) is 20.7. The molecule has 0 bridgehead atoms. The summed E-state index contributed by atoms with van der Waals surface area (Å²) in [5.41, 5.74) is 1.50. The van der Waals surface area contributed by atoms with Gasteiger partial charge in [-0.1, -0.05) is 13.8 Å². The van der Waals surface area contributed by atoms with Gasteiger partial charge in [0.1, 0.15) is 0 Å². The normalized spacial score (nSPS) is 17.8. The molecular formula is C22H30N4O4S2. The maximum atomic E-state index is 12.8. The minimum absolute atomic E-state index is 0.124. The molecule has 0 unspecified atom stereocenters. The SMILES string of the molecule is CCN(CC)S(=O)(=O)c1ccc(N2C[C@H](C(=O)N[C@@H](C)c3sc(C)nc3C)CC2=O)cc1. The van der Waals surface area contributed by atoms with Crippen molar-refractivity contribution in [1.29, 1.82) is 0 Å². The van der Waals surface area contributed by atoms with Crippen LogP contribution in [0, 0.1) is 19.8 Å². The number of aromatic nitrogens is 1. The second-order valence-electron chi connectivity index (χ2n) is 7.90. The van der Waals surface area contributed by atoms with Gasteiger partial charge in [0.2, 0.25) is 21.8 Å². The zero-order valence-electron chi connectivity index (χ0n) is 19.1. The molecule has 2 heterocycles. The molecule has 0 spiro atoms. The number of carbonyl (C=O) groups is 2. The van der Waals surface area contributed by atoms with Crippen LogP contribution in [0.15, 0.2) is 29.2 Å². The molecule has 1 fully saturated rings. The van der Waals surface area contributed by atoms with E-state index in [0.29, 0.717) is 18.8 Å². The van der Waals surface area contributed by atoms with Crippen molar-refractivity contribution >= 4 is 38.9 Å². The van der Waals surface area contributed by atoms with Gasteiger partial charge in [0.05, 0.1) is 27.6 Å². The lowest BCUT2D eigenvalue weighted by molar-refractivity contribution is -0.126. The average molecular weight is 479 g/mol. The molecule has 0 radical (unpaired) electrons. The lowest BCUT2D eigenvalue weighted by Gasteiger charge is -2.20. The Bertz CT molecular complexity index is 1090. The van der Waals surface area contributed by atoms with E-state index in [9.17, 15) is 18.0 Å². The summed E-state index contributed by atoms with van der Waals surface area (Å²) >= 11 is 1.56. The number of sulfonamides is 1. The standard InChI is InChI=1S/C22H30N4O4S2/c1-6-25(7-2)32(29,30)19-10-8-18(9-11-19)26-13-17(12-20(26)27)22(28)24-15(4)21-14(3)23-16(5)31-21/h8-11,15,17H,6-7,12-13H2,1-5H3,(H,24,28)/t15-,17+/m0/s1. The smallest absolute Gasteiger partial charge is 0.243 e. The van der Waals surface area contributed by atoms with Crippen molar-refractivity contribution in [3.8, 4) is 0 Å². The number of anilines is 1. The fourth-order valence-electron chi connectivity index (χ4n) is 3.99.